The van der Waals surface area contributed by atoms with Crippen LogP contribution in [0, 0.1) is 11.3 Å². The lowest BCUT2D eigenvalue weighted by Crippen LogP contribution is -2.00. The number of nitriles is 1. The van der Waals surface area contributed by atoms with Crippen LogP contribution >= 0.6 is 11.6 Å². The van der Waals surface area contributed by atoms with E-state index in [9.17, 15) is 0 Å². The van der Waals surface area contributed by atoms with E-state index in [2.05, 4.69) is 16.4 Å². The highest BCUT2D eigenvalue weighted by Gasteiger charge is 2.03. The van der Waals surface area contributed by atoms with Gasteiger partial charge in [0.25, 0.3) is 0 Å². The Morgan fingerprint density at radius 2 is 2.38 bits per heavy atom. The van der Waals surface area contributed by atoms with E-state index in [1.807, 2.05) is 0 Å². The molecule has 4 nitrogen and oxygen atoms in total. The molecular weight excluding hydrogens is 226 g/mol. The summed E-state index contributed by atoms with van der Waals surface area (Å²) in [4.78, 5) is 3.80. The quantitative estimate of drug-likeness (QED) is 0.886. The molecule has 0 amide bonds. The van der Waals surface area contributed by atoms with E-state index in [1.165, 1.54) is 6.39 Å². The molecule has 1 aromatic carbocycles. The van der Waals surface area contributed by atoms with Crippen LogP contribution in [0.2, 0.25) is 5.02 Å². The Balaban J connectivity index is 2.15. The highest BCUT2D eigenvalue weighted by atomic mass is 35.5. The maximum Gasteiger partial charge on any atom is 0.180 e. The van der Waals surface area contributed by atoms with Gasteiger partial charge < -0.3 is 9.73 Å². The Morgan fingerprint density at radius 3 is 3.06 bits per heavy atom. The minimum absolute atomic E-state index is 0.467. The standard InChI is InChI=1S/C11H8ClN3O/c12-9-2-1-8(4-13)11(3-9)15-6-10-5-14-7-16-10/h1-3,5,7,15H,6H2. The first-order valence-electron chi connectivity index (χ1n) is 4.60. The van der Waals surface area contributed by atoms with Crippen molar-refractivity contribution in [1.82, 2.24) is 4.98 Å². The van der Waals surface area contributed by atoms with E-state index in [4.69, 9.17) is 21.3 Å². The second kappa shape index (κ2) is 4.69. The van der Waals surface area contributed by atoms with Gasteiger partial charge in [0.1, 0.15) is 11.8 Å². The van der Waals surface area contributed by atoms with E-state index in [0.29, 0.717) is 28.6 Å². The van der Waals surface area contributed by atoms with Crippen molar-refractivity contribution in [1.29, 1.82) is 5.26 Å². The van der Waals surface area contributed by atoms with Crippen LogP contribution in [-0.4, -0.2) is 4.98 Å². The predicted molar refractivity (Wildman–Crippen MR) is 60.0 cm³/mol. The summed E-state index contributed by atoms with van der Waals surface area (Å²) in [5.41, 5.74) is 1.23. The lowest BCUT2D eigenvalue weighted by molar-refractivity contribution is 0.511. The number of oxazole rings is 1. The molecule has 2 rings (SSSR count). The summed E-state index contributed by atoms with van der Waals surface area (Å²) in [6, 6.07) is 7.14. The Bertz CT molecular complexity index is 517. The largest absolute Gasteiger partial charge is 0.447 e. The number of hydrogen-bond acceptors (Lipinski definition) is 4. The fourth-order valence-electron chi connectivity index (χ4n) is 1.27. The molecular formula is C11H8ClN3O. The van der Waals surface area contributed by atoms with Crippen molar-refractivity contribution < 1.29 is 4.42 Å². The van der Waals surface area contributed by atoms with Crippen LogP contribution in [0.4, 0.5) is 5.69 Å². The maximum absolute atomic E-state index is 8.90. The number of halogens is 1. The van der Waals surface area contributed by atoms with Crippen molar-refractivity contribution in [3.05, 3.63) is 47.1 Å². The van der Waals surface area contributed by atoms with Crippen molar-refractivity contribution in [2.24, 2.45) is 0 Å². The van der Waals surface area contributed by atoms with Gasteiger partial charge in [0.15, 0.2) is 6.39 Å². The molecule has 0 spiro atoms. The molecule has 0 saturated carbocycles. The summed E-state index contributed by atoms with van der Waals surface area (Å²) in [7, 11) is 0. The number of aromatic nitrogens is 1. The summed E-state index contributed by atoms with van der Waals surface area (Å²) in [6.07, 6.45) is 2.98. The molecule has 80 valence electrons. The molecule has 1 N–H and O–H groups in total. The lowest BCUT2D eigenvalue weighted by Gasteiger charge is -2.06. The number of benzene rings is 1. The molecule has 1 heterocycles. The number of anilines is 1. The fourth-order valence-corrected chi connectivity index (χ4v) is 1.44. The summed E-state index contributed by atoms with van der Waals surface area (Å²) in [5, 5.41) is 12.5. The fraction of sp³-hybridized carbons (Fsp3) is 0.0909. The first kappa shape index (κ1) is 10.5. The average Bonchev–Trinajstić information content (AvgIpc) is 2.79. The number of nitrogens with zero attached hydrogens (tertiary/aromatic N) is 2. The van der Waals surface area contributed by atoms with E-state index in [1.54, 1.807) is 24.4 Å². The monoisotopic (exact) mass is 233 g/mol. The van der Waals surface area contributed by atoms with Gasteiger partial charge in [-0.1, -0.05) is 11.6 Å². The molecule has 0 aliphatic heterocycles. The second-order valence-electron chi connectivity index (χ2n) is 3.12. The number of hydrogen-bond donors (Lipinski definition) is 1. The highest BCUT2D eigenvalue weighted by molar-refractivity contribution is 6.30. The molecule has 2 aromatic rings. The average molecular weight is 234 g/mol. The lowest BCUT2D eigenvalue weighted by atomic mass is 10.2. The Hall–Kier alpha value is -1.99. The summed E-state index contributed by atoms with van der Waals surface area (Å²) in [6.45, 7) is 0.467. The Morgan fingerprint density at radius 1 is 1.50 bits per heavy atom. The van der Waals surface area contributed by atoms with Crippen molar-refractivity contribution in [3.8, 4) is 6.07 Å². The predicted octanol–water partition coefficient (Wildman–Crippen LogP) is 2.81. The molecule has 0 saturated heterocycles. The van der Waals surface area contributed by atoms with Crippen LogP contribution < -0.4 is 5.32 Å². The molecule has 0 bridgehead atoms. The Labute approximate surface area is 97.5 Å². The number of rotatable bonds is 3. The van der Waals surface area contributed by atoms with Crippen LogP contribution in [0.5, 0.6) is 0 Å². The minimum Gasteiger partial charge on any atom is -0.447 e. The first-order chi connectivity index (χ1) is 7.79. The van der Waals surface area contributed by atoms with Crippen LogP contribution in [-0.2, 0) is 6.54 Å². The van der Waals surface area contributed by atoms with Gasteiger partial charge in [-0.05, 0) is 18.2 Å². The van der Waals surface area contributed by atoms with Gasteiger partial charge in [-0.3, -0.25) is 0 Å². The summed E-state index contributed by atoms with van der Waals surface area (Å²) >= 11 is 5.85. The minimum atomic E-state index is 0.467. The normalized spacial score (nSPS) is 9.75. The van der Waals surface area contributed by atoms with E-state index in [-0.39, 0.29) is 0 Å². The van der Waals surface area contributed by atoms with Gasteiger partial charge in [0.2, 0.25) is 0 Å². The zero-order chi connectivity index (χ0) is 11.4. The highest BCUT2D eigenvalue weighted by Crippen LogP contribution is 2.20. The second-order valence-corrected chi connectivity index (χ2v) is 3.56. The van der Waals surface area contributed by atoms with E-state index >= 15 is 0 Å². The summed E-state index contributed by atoms with van der Waals surface area (Å²) < 4.78 is 5.07. The van der Waals surface area contributed by atoms with E-state index < -0.39 is 0 Å². The van der Waals surface area contributed by atoms with Crippen molar-refractivity contribution in [2.75, 3.05) is 5.32 Å². The van der Waals surface area contributed by atoms with Crippen LogP contribution in [0.25, 0.3) is 0 Å². The van der Waals surface area contributed by atoms with E-state index in [0.717, 1.165) is 0 Å². The molecule has 0 unspecified atom stereocenters. The molecule has 0 aliphatic rings. The van der Waals surface area contributed by atoms with Gasteiger partial charge in [-0.2, -0.15) is 5.26 Å². The first-order valence-corrected chi connectivity index (χ1v) is 4.98. The maximum atomic E-state index is 8.90. The molecule has 0 aliphatic carbocycles. The topological polar surface area (TPSA) is 61.9 Å². The molecule has 0 fully saturated rings. The third kappa shape index (κ3) is 2.33. The molecule has 1 aromatic heterocycles. The van der Waals surface area contributed by atoms with Crippen LogP contribution in [0.3, 0.4) is 0 Å². The van der Waals surface area contributed by atoms with Gasteiger partial charge in [0.05, 0.1) is 24.0 Å². The molecule has 0 atom stereocenters. The molecule has 16 heavy (non-hydrogen) atoms. The van der Waals surface area contributed by atoms with Gasteiger partial charge in [0, 0.05) is 5.02 Å². The SMILES string of the molecule is N#Cc1ccc(Cl)cc1NCc1cnco1. The zero-order valence-electron chi connectivity index (χ0n) is 8.27. The van der Waals surface area contributed by atoms with Gasteiger partial charge in [-0.15, -0.1) is 0 Å². The molecule has 5 heteroatoms. The number of nitrogens with one attached hydrogen (secondary N) is 1. The van der Waals surface area contributed by atoms with Crippen molar-refractivity contribution in [2.45, 2.75) is 6.54 Å². The Kier molecular flexibility index (Phi) is 3.08. The third-order valence-corrected chi connectivity index (χ3v) is 2.27. The van der Waals surface area contributed by atoms with Gasteiger partial charge >= 0.3 is 0 Å². The third-order valence-electron chi connectivity index (χ3n) is 2.04. The molecule has 0 radical (unpaired) electrons. The van der Waals surface area contributed by atoms with Crippen LogP contribution in [0.1, 0.15) is 11.3 Å². The van der Waals surface area contributed by atoms with Gasteiger partial charge in [-0.25, -0.2) is 4.98 Å². The van der Waals surface area contributed by atoms with Crippen molar-refractivity contribution >= 4 is 17.3 Å². The van der Waals surface area contributed by atoms with Crippen molar-refractivity contribution in [3.63, 3.8) is 0 Å². The smallest absolute Gasteiger partial charge is 0.180 e. The summed E-state index contributed by atoms with van der Waals surface area (Å²) in [5.74, 6) is 0.698. The van der Waals surface area contributed by atoms with Crippen LogP contribution in [0.15, 0.2) is 35.2 Å². The zero-order valence-corrected chi connectivity index (χ0v) is 9.03.